The van der Waals surface area contributed by atoms with Gasteiger partial charge in [0.25, 0.3) is 5.91 Å². The van der Waals surface area contributed by atoms with Gasteiger partial charge in [-0.05, 0) is 47.5 Å². The molecular formula is C25H21N5O4. The normalized spacial score (nSPS) is 14.6. The molecule has 0 fully saturated rings. The summed E-state index contributed by atoms with van der Waals surface area (Å²) in [4.78, 5) is 32.8. The van der Waals surface area contributed by atoms with Gasteiger partial charge in [-0.3, -0.25) is 9.69 Å². The van der Waals surface area contributed by atoms with Crippen LogP contribution in [0.5, 0.6) is 17.2 Å². The molecule has 9 heteroatoms. The van der Waals surface area contributed by atoms with Gasteiger partial charge in [0.2, 0.25) is 0 Å². The number of benzene rings is 2. The molecule has 9 nitrogen and oxygen atoms in total. The average Bonchev–Trinajstić information content (AvgIpc) is 3.19. The smallest absolute Gasteiger partial charge is 0.260 e. The second-order valence-corrected chi connectivity index (χ2v) is 7.46. The molecule has 0 radical (unpaired) electrons. The molecule has 0 N–H and O–H groups in total. The highest BCUT2D eigenvalue weighted by Gasteiger charge is 2.41. The summed E-state index contributed by atoms with van der Waals surface area (Å²) in [5.41, 5.74) is 2.18. The Balaban J connectivity index is 1.68. The van der Waals surface area contributed by atoms with E-state index in [0.29, 0.717) is 34.5 Å². The highest BCUT2D eigenvalue weighted by molar-refractivity contribution is 6.11. The van der Waals surface area contributed by atoms with Crippen molar-refractivity contribution in [3.8, 4) is 28.9 Å². The SMILES string of the molecule is COc1ccc([C@@H]2c3cc(OC)c(OC)cc3C(=O)N2c2ccnc(-c3ncccn3)n2)cc1. The molecule has 34 heavy (non-hydrogen) atoms. The maximum absolute atomic E-state index is 13.7. The second-order valence-electron chi connectivity index (χ2n) is 7.46. The Kier molecular flexibility index (Phi) is 5.51. The zero-order valence-electron chi connectivity index (χ0n) is 18.8. The van der Waals surface area contributed by atoms with Crippen molar-refractivity contribution < 1.29 is 19.0 Å². The molecule has 3 heterocycles. The zero-order chi connectivity index (χ0) is 23.7. The summed E-state index contributed by atoms with van der Waals surface area (Å²) in [7, 11) is 4.72. The Bertz CT molecular complexity index is 1350. The molecule has 0 saturated heterocycles. The van der Waals surface area contributed by atoms with Crippen LogP contribution >= 0.6 is 0 Å². The lowest BCUT2D eigenvalue weighted by Gasteiger charge is -2.25. The quantitative estimate of drug-likeness (QED) is 0.434. The highest BCUT2D eigenvalue weighted by Crippen LogP contribution is 2.45. The first-order valence-electron chi connectivity index (χ1n) is 10.5. The predicted molar refractivity (Wildman–Crippen MR) is 124 cm³/mol. The molecule has 2 aromatic carbocycles. The number of rotatable bonds is 6. The number of methoxy groups -OCH3 is 3. The van der Waals surface area contributed by atoms with Crippen LogP contribution in [0, 0.1) is 0 Å². The van der Waals surface area contributed by atoms with E-state index in [4.69, 9.17) is 14.2 Å². The summed E-state index contributed by atoms with van der Waals surface area (Å²) in [6.45, 7) is 0. The van der Waals surface area contributed by atoms with Gasteiger partial charge < -0.3 is 14.2 Å². The molecule has 1 atom stereocenters. The maximum atomic E-state index is 13.7. The zero-order valence-corrected chi connectivity index (χ0v) is 18.8. The average molecular weight is 455 g/mol. The molecule has 0 aliphatic carbocycles. The van der Waals surface area contributed by atoms with E-state index in [1.165, 1.54) is 0 Å². The molecule has 0 saturated carbocycles. The van der Waals surface area contributed by atoms with Crippen LogP contribution in [-0.2, 0) is 0 Å². The van der Waals surface area contributed by atoms with Gasteiger partial charge in [-0.25, -0.2) is 19.9 Å². The summed E-state index contributed by atoms with van der Waals surface area (Å²) in [5.74, 6) is 2.65. The minimum absolute atomic E-state index is 0.213. The van der Waals surface area contributed by atoms with Crippen LogP contribution in [0.1, 0.15) is 27.5 Å². The molecule has 0 bridgehead atoms. The van der Waals surface area contributed by atoms with Crippen LogP contribution in [-0.4, -0.2) is 47.2 Å². The van der Waals surface area contributed by atoms with Crippen molar-refractivity contribution in [3.05, 3.63) is 83.8 Å². The molecular weight excluding hydrogens is 434 g/mol. The lowest BCUT2D eigenvalue weighted by Crippen LogP contribution is -2.29. The standard InChI is InChI=1S/C25H21N5O4/c1-32-16-7-5-15(6-8-16)22-17-13-19(33-2)20(34-3)14-18(17)25(31)30(22)21-9-12-28-24(29-21)23-26-10-4-11-27-23/h4-14,22H,1-3H3/t22-/m1/s1. The Labute approximate surface area is 196 Å². The third-order valence-electron chi connectivity index (χ3n) is 5.64. The summed E-state index contributed by atoms with van der Waals surface area (Å²) in [6.07, 6.45) is 4.83. The second kappa shape index (κ2) is 8.78. The van der Waals surface area contributed by atoms with Crippen molar-refractivity contribution >= 4 is 11.7 Å². The number of aromatic nitrogens is 4. The van der Waals surface area contributed by atoms with E-state index in [2.05, 4.69) is 19.9 Å². The Morgan fingerprint density at radius 1 is 0.794 bits per heavy atom. The number of amides is 1. The van der Waals surface area contributed by atoms with Gasteiger partial charge in [-0.2, -0.15) is 0 Å². The molecule has 0 unspecified atom stereocenters. The van der Waals surface area contributed by atoms with Gasteiger partial charge in [0.1, 0.15) is 11.6 Å². The highest BCUT2D eigenvalue weighted by atomic mass is 16.5. The molecule has 1 amide bonds. The topological polar surface area (TPSA) is 99.6 Å². The minimum Gasteiger partial charge on any atom is -0.497 e. The van der Waals surface area contributed by atoms with E-state index in [0.717, 1.165) is 16.9 Å². The lowest BCUT2D eigenvalue weighted by molar-refractivity contribution is 0.0992. The van der Waals surface area contributed by atoms with Crippen LogP contribution in [0.3, 0.4) is 0 Å². The number of nitrogens with zero attached hydrogens (tertiary/aromatic N) is 5. The van der Waals surface area contributed by atoms with Crippen LogP contribution < -0.4 is 19.1 Å². The van der Waals surface area contributed by atoms with Gasteiger partial charge in [-0.15, -0.1) is 0 Å². The van der Waals surface area contributed by atoms with Gasteiger partial charge >= 0.3 is 0 Å². The van der Waals surface area contributed by atoms with Crippen LogP contribution in [0.4, 0.5) is 5.82 Å². The van der Waals surface area contributed by atoms with E-state index in [9.17, 15) is 4.79 Å². The van der Waals surface area contributed by atoms with E-state index >= 15 is 0 Å². The largest absolute Gasteiger partial charge is 0.497 e. The molecule has 1 aliphatic heterocycles. The van der Waals surface area contributed by atoms with Crippen molar-refractivity contribution in [1.82, 2.24) is 19.9 Å². The van der Waals surface area contributed by atoms with E-state index in [1.807, 2.05) is 30.3 Å². The summed E-state index contributed by atoms with van der Waals surface area (Å²) >= 11 is 0. The number of carbonyl (C=O) groups is 1. The molecule has 4 aromatic rings. The van der Waals surface area contributed by atoms with Gasteiger partial charge in [0.15, 0.2) is 23.1 Å². The summed E-state index contributed by atoms with van der Waals surface area (Å²) in [5, 5.41) is 0. The van der Waals surface area contributed by atoms with E-state index in [1.54, 1.807) is 63.0 Å². The molecule has 0 spiro atoms. The van der Waals surface area contributed by atoms with Gasteiger partial charge in [-0.1, -0.05) is 12.1 Å². The molecule has 2 aromatic heterocycles. The van der Waals surface area contributed by atoms with Gasteiger partial charge in [0.05, 0.1) is 27.4 Å². The lowest BCUT2D eigenvalue weighted by atomic mass is 9.97. The van der Waals surface area contributed by atoms with Crippen molar-refractivity contribution in [1.29, 1.82) is 0 Å². The molecule has 5 rings (SSSR count). The number of hydrogen-bond acceptors (Lipinski definition) is 8. The third kappa shape index (κ3) is 3.57. The monoisotopic (exact) mass is 455 g/mol. The Hall–Kier alpha value is -4.53. The Morgan fingerprint density at radius 2 is 1.47 bits per heavy atom. The van der Waals surface area contributed by atoms with Crippen LogP contribution in [0.2, 0.25) is 0 Å². The van der Waals surface area contributed by atoms with Crippen molar-refractivity contribution in [2.24, 2.45) is 0 Å². The number of ether oxygens (including phenoxy) is 3. The van der Waals surface area contributed by atoms with Crippen molar-refractivity contribution in [2.45, 2.75) is 6.04 Å². The fourth-order valence-corrected chi connectivity index (χ4v) is 4.05. The first-order valence-corrected chi connectivity index (χ1v) is 10.5. The van der Waals surface area contributed by atoms with Crippen LogP contribution in [0.15, 0.2) is 67.1 Å². The number of fused-ring (bicyclic) bond motifs is 1. The fraction of sp³-hybridized carbons (Fsp3) is 0.160. The maximum Gasteiger partial charge on any atom is 0.260 e. The molecule has 1 aliphatic rings. The predicted octanol–water partition coefficient (Wildman–Crippen LogP) is 3.71. The Morgan fingerprint density at radius 3 is 2.15 bits per heavy atom. The number of carbonyl (C=O) groups excluding carboxylic acids is 1. The van der Waals surface area contributed by atoms with Crippen molar-refractivity contribution in [3.63, 3.8) is 0 Å². The number of hydrogen-bond donors (Lipinski definition) is 0. The van der Waals surface area contributed by atoms with Crippen LogP contribution in [0.25, 0.3) is 11.6 Å². The first-order chi connectivity index (χ1) is 16.6. The number of anilines is 1. The minimum atomic E-state index is -0.451. The van der Waals surface area contributed by atoms with E-state index < -0.39 is 6.04 Å². The molecule has 170 valence electrons. The summed E-state index contributed by atoms with van der Waals surface area (Å²) < 4.78 is 16.3. The third-order valence-corrected chi connectivity index (χ3v) is 5.64. The van der Waals surface area contributed by atoms with Gasteiger partial charge in [0, 0.05) is 24.2 Å². The summed E-state index contributed by atoms with van der Waals surface area (Å²) in [6, 6.07) is 14.1. The van der Waals surface area contributed by atoms with Crippen molar-refractivity contribution in [2.75, 3.05) is 26.2 Å². The van der Waals surface area contributed by atoms with E-state index in [-0.39, 0.29) is 5.91 Å². The first kappa shape index (κ1) is 21.3. The fourth-order valence-electron chi connectivity index (χ4n) is 4.05.